The van der Waals surface area contributed by atoms with Crippen LogP contribution in [0.4, 0.5) is 0 Å². The van der Waals surface area contributed by atoms with Gasteiger partial charge in [0.2, 0.25) is 5.78 Å². The van der Waals surface area contributed by atoms with Gasteiger partial charge in [-0.15, -0.1) is 0 Å². The van der Waals surface area contributed by atoms with Gasteiger partial charge in [0.05, 0.1) is 15.9 Å². The van der Waals surface area contributed by atoms with Crippen molar-refractivity contribution in [3.05, 3.63) is 45.8 Å². The summed E-state index contributed by atoms with van der Waals surface area (Å²) in [6.45, 7) is 1.95. The lowest BCUT2D eigenvalue weighted by Gasteiger charge is -2.15. The molecule has 0 atom stereocenters. The Morgan fingerprint density at radius 1 is 1.45 bits per heavy atom. The second kappa shape index (κ2) is 6.06. The maximum Gasteiger partial charge on any atom is 0.325 e. The van der Waals surface area contributed by atoms with Gasteiger partial charge in [-0.2, -0.15) is 11.8 Å². The number of thioether (sulfide) groups is 1. The lowest BCUT2D eigenvalue weighted by molar-refractivity contribution is -0.468. The van der Waals surface area contributed by atoms with Crippen molar-refractivity contribution in [3.8, 4) is 0 Å². The van der Waals surface area contributed by atoms with Crippen molar-refractivity contribution >= 4 is 28.6 Å². The molecule has 0 aliphatic carbocycles. The first-order valence-corrected chi connectivity index (χ1v) is 7.28. The van der Waals surface area contributed by atoms with Gasteiger partial charge in [0.25, 0.3) is 5.52 Å². The summed E-state index contributed by atoms with van der Waals surface area (Å²) in [5, 5.41) is 12.1. The molecule has 0 spiro atoms. The number of fused-ring (bicyclic) bond motifs is 1. The highest BCUT2D eigenvalue weighted by Crippen LogP contribution is 2.15. The van der Waals surface area contributed by atoms with Crippen LogP contribution in [0.2, 0.25) is 0 Å². The molecule has 0 unspecified atom stereocenters. The molecule has 0 bridgehead atoms. The monoisotopic (exact) mass is 293 g/mol. The highest BCUT2D eigenvalue weighted by atomic mass is 32.2. The zero-order valence-electron chi connectivity index (χ0n) is 11.0. The Labute approximate surface area is 119 Å². The molecule has 20 heavy (non-hydrogen) atoms. The molecule has 7 heteroatoms. The van der Waals surface area contributed by atoms with Crippen LogP contribution in [0.1, 0.15) is 16.2 Å². The number of rotatable bonds is 5. The Bertz CT molecular complexity index is 712. The standard InChI is InChI=1S/C13H15N3O3S/c1-9-13(12(17)8-20-7-6-14)16(19)11-5-3-2-4-10(11)15(9)18/h2-5H,6-8,14H2,1H3. The molecule has 0 amide bonds. The fourth-order valence-corrected chi connectivity index (χ4v) is 2.62. The van der Waals surface area contributed by atoms with Crippen molar-refractivity contribution < 1.29 is 9.22 Å². The molecule has 2 aromatic rings. The SMILES string of the molecule is Cc1c(C(=O)CSCCN)[n+](=O)c2ccccc2n1[O-]. The van der Waals surface area contributed by atoms with Gasteiger partial charge in [-0.25, -0.2) is 0 Å². The first kappa shape index (κ1) is 14.5. The minimum atomic E-state index is -0.355. The number of hydrogen-bond donors (Lipinski definition) is 1. The maximum absolute atomic E-state index is 12.3. The highest BCUT2D eigenvalue weighted by Gasteiger charge is 2.26. The van der Waals surface area contributed by atoms with E-state index in [9.17, 15) is 14.9 Å². The van der Waals surface area contributed by atoms with Gasteiger partial charge in [-0.1, -0.05) is 12.1 Å². The minimum Gasteiger partial charge on any atom is -0.805 e. The fraction of sp³-hybridized carbons (Fsp3) is 0.308. The second-order valence-corrected chi connectivity index (χ2v) is 5.38. The molecular formula is C13H15N3O3S. The number of aromatic nitrogens is 2. The van der Waals surface area contributed by atoms with Crippen molar-refractivity contribution in [2.45, 2.75) is 6.92 Å². The molecule has 0 fully saturated rings. The quantitative estimate of drug-likeness (QED) is 0.506. The summed E-state index contributed by atoms with van der Waals surface area (Å²) in [4.78, 5) is 24.4. The lowest BCUT2D eigenvalue weighted by Crippen LogP contribution is -2.31. The molecule has 2 N–H and O–H groups in total. The Morgan fingerprint density at radius 3 is 2.85 bits per heavy atom. The van der Waals surface area contributed by atoms with Crippen molar-refractivity contribution in [2.75, 3.05) is 18.1 Å². The van der Waals surface area contributed by atoms with Crippen LogP contribution in [0.3, 0.4) is 0 Å². The molecule has 0 aliphatic rings. The van der Waals surface area contributed by atoms with Crippen molar-refractivity contribution in [1.29, 1.82) is 0 Å². The van der Waals surface area contributed by atoms with E-state index in [-0.39, 0.29) is 34.0 Å². The molecule has 2 rings (SSSR count). The van der Waals surface area contributed by atoms with E-state index >= 15 is 0 Å². The zero-order valence-corrected chi connectivity index (χ0v) is 11.9. The van der Waals surface area contributed by atoms with E-state index in [1.54, 1.807) is 18.2 Å². The number of para-hydroxylation sites is 2. The molecule has 106 valence electrons. The van der Waals surface area contributed by atoms with Crippen molar-refractivity contribution in [1.82, 2.24) is 4.73 Å². The molecule has 0 aliphatic heterocycles. The Balaban J connectivity index is 2.54. The van der Waals surface area contributed by atoms with Gasteiger partial charge in [-0.3, -0.25) is 4.79 Å². The van der Waals surface area contributed by atoms with Gasteiger partial charge in [0.1, 0.15) is 5.52 Å². The predicted octanol–water partition coefficient (Wildman–Crippen LogP) is 1.08. The van der Waals surface area contributed by atoms with E-state index in [1.807, 2.05) is 0 Å². The van der Waals surface area contributed by atoms with Crippen LogP contribution in [-0.2, 0) is 0 Å². The molecule has 0 saturated heterocycles. The second-order valence-electron chi connectivity index (χ2n) is 4.28. The number of hydrogen-bond acceptors (Lipinski definition) is 5. The summed E-state index contributed by atoms with van der Waals surface area (Å²) < 4.78 is 1.18. The van der Waals surface area contributed by atoms with Crippen LogP contribution < -0.4 is 10.2 Å². The summed E-state index contributed by atoms with van der Waals surface area (Å²) >= 11 is 1.35. The van der Waals surface area contributed by atoms with Crippen LogP contribution >= 0.6 is 11.8 Å². The topological polar surface area (TPSA) is 94.1 Å². The molecular weight excluding hydrogens is 278 g/mol. The van der Waals surface area contributed by atoms with E-state index in [0.29, 0.717) is 21.5 Å². The third-order valence-electron chi connectivity index (χ3n) is 2.93. The number of nitrogens with zero attached hydrogens (tertiary/aromatic N) is 2. The molecule has 0 radical (unpaired) electrons. The summed E-state index contributed by atoms with van der Waals surface area (Å²) in [5.74, 6) is 0.416. The minimum absolute atomic E-state index is 0.0942. The Kier molecular flexibility index (Phi) is 4.41. The first-order chi connectivity index (χ1) is 9.57. The van der Waals surface area contributed by atoms with E-state index < -0.39 is 0 Å². The van der Waals surface area contributed by atoms with Crippen LogP contribution in [-0.4, -0.2) is 28.6 Å². The normalized spacial score (nSPS) is 10.9. The van der Waals surface area contributed by atoms with Crippen LogP contribution in [0.15, 0.2) is 24.3 Å². The molecule has 6 nitrogen and oxygen atoms in total. The number of carbonyl (C=O) groups is 1. The van der Waals surface area contributed by atoms with Crippen LogP contribution in [0, 0.1) is 17.0 Å². The number of nitrogens with two attached hydrogens (primary N) is 1. The van der Waals surface area contributed by atoms with Gasteiger partial charge in [-0.05, 0) is 13.0 Å². The molecule has 1 heterocycles. The van der Waals surface area contributed by atoms with Crippen molar-refractivity contribution in [3.63, 3.8) is 0 Å². The van der Waals surface area contributed by atoms with Gasteiger partial charge in [0, 0.05) is 23.3 Å². The van der Waals surface area contributed by atoms with Crippen LogP contribution in [0.5, 0.6) is 0 Å². The summed E-state index contributed by atoms with van der Waals surface area (Å²) in [6.07, 6.45) is 0. The maximum atomic E-state index is 12.3. The first-order valence-electron chi connectivity index (χ1n) is 6.13. The molecule has 1 aromatic carbocycles. The Hall–Kier alpha value is -1.86. The average Bonchev–Trinajstić information content (AvgIpc) is 2.45. The van der Waals surface area contributed by atoms with Gasteiger partial charge >= 0.3 is 5.69 Å². The largest absolute Gasteiger partial charge is 0.805 e. The summed E-state index contributed by atoms with van der Waals surface area (Å²) in [6, 6.07) is 6.42. The van der Waals surface area contributed by atoms with Gasteiger partial charge in [0.15, 0.2) is 0 Å². The average molecular weight is 293 g/mol. The number of Topliss-reactive ketones (excluding diaryl/α,β-unsaturated/α-hetero) is 1. The summed E-state index contributed by atoms with van der Waals surface area (Å²) in [5.41, 5.74) is 5.84. The molecule has 1 aromatic heterocycles. The van der Waals surface area contributed by atoms with E-state index in [1.165, 1.54) is 24.8 Å². The lowest BCUT2D eigenvalue weighted by atomic mass is 10.2. The van der Waals surface area contributed by atoms with E-state index in [4.69, 9.17) is 5.73 Å². The van der Waals surface area contributed by atoms with E-state index in [2.05, 4.69) is 0 Å². The van der Waals surface area contributed by atoms with Gasteiger partial charge < -0.3 is 15.7 Å². The van der Waals surface area contributed by atoms with E-state index in [0.717, 1.165) is 0 Å². The Morgan fingerprint density at radius 2 is 2.15 bits per heavy atom. The molecule has 0 saturated carbocycles. The number of ketones is 1. The van der Waals surface area contributed by atoms with Crippen LogP contribution in [0.25, 0.3) is 11.0 Å². The number of carbonyl (C=O) groups excluding carboxylic acids is 1. The van der Waals surface area contributed by atoms with Crippen molar-refractivity contribution in [2.24, 2.45) is 5.73 Å². The third-order valence-corrected chi connectivity index (χ3v) is 3.92. The zero-order chi connectivity index (χ0) is 14.7. The highest BCUT2D eigenvalue weighted by molar-refractivity contribution is 8.00. The predicted molar refractivity (Wildman–Crippen MR) is 79.5 cm³/mol. The number of benzene rings is 1. The summed E-state index contributed by atoms with van der Waals surface area (Å²) in [7, 11) is 0. The third kappa shape index (κ3) is 2.54. The fourth-order valence-electron chi connectivity index (χ4n) is 1.98. The smallest absolute Gasteiger partial charge is 0.325 e.